The number of carbonyl (C=O) groups is 2. The lowest BCUT2D eigenvalue weighted by Crippen LogP contribution is -2.29. The summed E-state index contributed by atoms with van der Waals surface area (Å²) in [4.78, 5) is 36.9. The second kappa shape index (κ2) is 11.2. The fourth-order valence-corrected chi connectivity index (χ4v) is 4.85. The van der Waals surface area contributed by atoms with Gasteiger partial charge in [-0.3, -0.25) is 14.7 Å². The molecule has 2 saturated heterocycles. The number of rotatable bonds is 8. The van der Waals surface area contributed by atoms with Gasteiger partial charge in [-0.2, -0.15) is 0 Å². The molecule has 4 heterocycles. The van der Waals surface area contributed by atoms with Crippen LogP contribution in [0.15, 0.2) is 79.4 Å². The third kappa shape index (κ3) is 5.41. The fraction of sp³-hybridized carbons (Fsp3) is 0.250. The predicted octanol–water partition coefficient (Wildman–Crippen LogP) is 4.06. The van der Waals surface area contributed by atoms with E-state index >= 15 is 0 Å². The summed E-state index contributed by atoms with van der Waals surface area (Å²) in [5.74, 6) is -0.699. The quantitative estimate of drug-likeness (QED) is 0.300. The molecule has 5 atom stereocenters. The molecule has 0 saturated carbocycles. The van der Waals surface area contributed by atoms with Crippen LogP contribution in [0.3, 0.4) is 0 Å². The van der Waals surface area contributed by atoms with Crippen LogP contribution < -0.4 is 10.6 Å². The van der Waals surface area contributed by atoms with Crippen LogP contribution in [-0.4, -0.2) is 61.2 Å². The van der Waals surface area contributed by atoms with E-state index in [-0.39, 0.29) is 18.7 Å². The summed E-state index contributed by atoms with van der Waals surface area (Å²) in [7, 11) is 0. The molecule has 2 aliphatic rings. The molecule has 12 nitrogen and oxygen atoms in total. The van der Waals surface area contributed by atoms with Crippen molar-refractivity contribution in [2.24, 2.45) is 0 Å². The highest BCUT2D eigenvalue weighted by Gasteiger charge is 2.53. The second-order valence-corrected chi connectivity index (χ2v) is 9.33. The van der Waals surface area contributed by atoms with E-state index in [2.05, 4.69) is 25.6 Å². The van der Waals surface area contributed by atoms with Crippen LogP contribution in [0, 0.1) is 0 Å². The van der Waals surface area contributed by atoms with Crippen LogP contribution >= 0.6 is 0 Å². The van der Waals surface area contributed by atoms with E-state index in [0.29, 0.717) is 16.9 Å². The van der Waals surface area contributed by atoms with Crippen molar-refractivity contribution in [1.29, 1.82) is 0 Å². The first-order valence-corrected chi connectivity index (χ1v) is 12.8. The Labute approximate surface area is 228 Å². The average molecular weight is 543 g/mol. The van der Waals surface area contributed by atoms with Gasteiger partial charge in [0.15, 0.2) is 29.5 Å². The SMILES string of the molecule is O=C(O)CC[C@@H]1OC(n2cnc3c(NC(=O)Nc4ccccc4)ncnc32)[C@H]2O[C@@H](/C=C/c3ccccc3)OC21. The molecule has 0 spiro atoms. The van der Waals surface area contributed by atoms with Gasteiger partial charge in [0.2, 0.25) is 0 Å². The Morgan fingerprint density at radius 2 is 1.68 bits per heavy atom. The maximum absolute atomic E-state index is 12.6. The lowest BCUT2D eigenvalue weighted by molar-refractivity contribution is -0.141. The molecule has 204 valence electrons. The number of carboxylic acids is 1. The van der Waals surface area contributed by atoms with Crippen LogP contribution in [0.2, 0.25) is 0 Å². The molecule has 0 bridgehead atoms. The molecule has 2 unspecified atom stereocenters. The number of hydrogen-bond acceptors (Lipinski definition) is 8. The normalized spacial score (nSPS) is 23.9. The second-order valence-electron chi connectivity index (χ2n) is 9.33. The topological polar surface area (TPSA) is 150 Å². The summed E-state index contributed by atoms with van der Waals surface area (Å²) in [5, 5.41) is 14.7. The number of benzene rings is 2. The number of urea groups is 1. The van der Waals surface area contributed by atoms with Crippen LogP contribution in [0.1, 0.15) is 24.6 Å². The van der Waals surface area contributed by atoms with Gasteiger partial charge in [-0.25, -0.2) is 19.7 Å². The summed E-state index contributed by atoms with van der Waals surface area (Å²) in [6.07, 6.45) is 3.87. The minimum absolute atomic E-state index is 0.0775. The van der Waals surface area contributed by atoms with Crippen LogP contribution in [0.25, 0.3) is 17.2 Å². The van der Waals surface area contributed by atoms with Gasteiger partial charge in [-0.15, -0.1) is 0 Å². The van der Waals surface area contributed by atoms with E-state index in [1.165, 1.54) is 12.7 Å². The van der Waals surface area contributed by atoms with Gasteiger partial charge in [-0.05, 0) is 30.2 Å². The zero-order chi connectivity index (χ0) is 27.5. The maximum atomic E-state index is 12.6. The number of para-hydroxylation sites is 1. The molecule has 40 heavy (non-hydrogen) atoms. The van der Waals surface area contributed by atoms with Gasteiger partial charge in [0.25, 0.3) is 0 Å². The Bertz CT molecular complexity index is 1530. The summed E-state index contributed by atoms with van der Waals surface area (Å²) in [5.41, 5.74) is 2.40. The van der Waals surface area contributed by atoms with Crippen molar-refractivity contribution in [2.45, 2.75) is 43.7 Å². The molecule has 4 aromatic rings. The fourth-order valence-electron chi connectivity index (χ4n) is 4.85. The van der Waals surface area contributed by atoms with Crippen LogP contribution in [0.5, 0.6) is 0 Å². The predicted molar refractivity (Wildman–Crippen MR) is 144 cm³/mol. The molecule has 2 fully saturated rings. The monoisotopic (exact) mass is 542 g/mol. The summed E-state index contributed by atoms with van der Waals surface area (Å²) >= 11 is 0. The van der Waals surface area contributed by atoms with Gasteiger partial charge in [0.05, 0.1) is 12.4 Å². The molecule has 12 heteroatoms. The molecule has 2 aromatic heterocycles. The Balaban J connectivity index is 1.23. The van der Waals surface area contributed by atoms with Gasteiger partial charge < -0.3 is 24.6 Å². The number of hydrogen-bond donors (Lipinski definition) is 3. The minimum Gasteiger partial charge on any atom is -0.481 e. The van der Waals surface area contributed by atoms with Crippen molar-refractivity contribution in [1.82, 2.24) is 19.5 Å². The summed E-state index contributed by atoms with van der Waals surface area (Å²) in [6, 6.07) is 18.3. The molecule has 3 N–H and O–H groups in total. The van der Waals surface area contributed by atoms with Gasteiger partial charge in [-0.1, -0.05) is 54.6 Å². The third-order valence-corrected chi connectivity index (χ3v) is 6.65. The van der Waals surface area contributed by atoms with E-state index < -0.39 is 42.8 Å². The summed E-state index contributed by atoms with van der Waals surface area (Å²) < 4.78 is 20.4. The number of nitrogens with zero attached hydrogens (tertiary/aromatic N) is 4. The average Bonchev–Trinajstić information content (AvgIpc) is 3.66. The Hall–Kier alpha value is -4.65. The minimum atomic E-state index is -0.923. The lowest BCUT2D eigenvalue weighted by atomic mass is 10.1. The van der Waals surface area contributed by atoms with Crippen molar-refractivity contribution >= 4 is 40.7 Å². The van der Waals surface area contributed by atoms with Gasteiger partial charge >= 0.3 is 12.0 Å². The first-order chi connectivity index (χ1) is 19.5. The first-order valence-electron chi connectivity index (χ1n) is 12.8. The van der Waals surface area contributed by atoms with Gasteiger partial charge in [0.1, 0.15) is 18.5 Å². The van der Waals surface area contributed by atoms with E-state index in [9.17, 15) is 14.7 Å². The number of carboxylic acid groups (broad SMARTS) is 1. The molecule has 2 amide bonds. The van der Waals surface area contributed by atoms with E-state index in [1.807, 2.05) is 60.7 Å². The standard InChI is InChI=1S/C28H26N6O6/c35-20(36)13-12-19-23-24(40-21(39-23)14-11-17-7-3-1-4-8-17)27(38-19)34-16-31-22-25(29-15-30-26(22)34)33-28(37)32-18-9-5-2-6-10-18/h1-11,14-16,19,21,23-24,27H,12-13H2,(H,35,36)(H2,29,30,32,33,37)/b14-11+/t19-,21-,23?,24-,27?/m0/s1. The molecule has 0 radical (unpaired) electrons. The van der Waals surface area contributed by atoms with Crippen LogP contribution in [0.4, 0.5) is 16.3 Å². The number of aliphatic carboxylic acids is 1. The van der Waals surface area contributed by atoms with Crippen molar-refractivity contribution in [3.63, 3.8) is 0 Å². The molecular formula is C28H26N6O6. The number of nitrogens with one attached hydrogen (secondary N) is 2. The molecule has 2 aliphatic heterocycles. The van der Waals surface area contributed by atoms with E-state index in [0.717, 1.165) is 5.56 Å². The molecule has 0 aliphatic carbocycles. The Morgan fingerprint density at radius 3 is 2.45 bits per heavy atom. The summed E-state index contributed by atoms with van der Waals surface area (Å²) in [6.45, 7) is 0. The number of carbonyl (C=O) groups excluding carboxylic acids is 1. The highest BCUT2D eigenvalue weighted by molar-refractivity contribution is 6.02. The van der Waals surface area contributed by atoms with Gasteiger partial charge in [0, 0.05) is 12.1 Å². The van der Waals surface area contributed by atoms with E-state index in [4.69, 9.17) is 14.2 Å². The highest BCUT2D eigenvalue weighted by Crippen LogP contribution is 2.42. The molecular weight excluding hydrogens is 516 g/mol. The zero-order valence-electron chi connectivity index (χ0n) is 21.2. The maximum Gasteiger partial charge on any atom is 0.324 e. The largest absolute Gasteiger partial charge is 0.481 e. The van der Waals surface area contributed by atoms with E-state index in [1.54, 1.807) is 16.7 Å². The smallest absolute Gasteiger partial charge is 0.324 e. The number of imidazole rings is 1. The highest BCUT2D eigenvalue weighted by atomic mass is 16.8. The molecule has 6 rings (SSSR count). The Kier molecular flexibility index (Phi) is 7.19. The van der Waals surface area contributed by atoms with Crippen molar-refractivity contribution in [3.8, 4) is 0 Å². The first kappa shape index (κ1) is 25.6. The number of anilines is 2. The molecule has 2 aromatic carbocycles. The lowest BCUT2D eigenvalue weighted by Gasteiger charge is -2.20. The van der Waals surface area contributed by atoms with Crippen molar-refractivity contribution < 1.29 is 28.9 Å². The van der Waals surface area contributed by atoms with Crippen molar-refractivity contribution in [3.05, 3.63) is 85.0 Å². The Morgan fingerprint density at radius 1 is 0.925 bits per heavy atom. The third-order valence-electron chi connectivity index (χ3n) is 6.65. The number of fused-ring (bicyclic) bond motifs is 2. The van der Waals surface area contributed by atoms with Crippen LogP contribution in [-0.2, 0) is 19.0 Å². The number of ether oxygens (including phenoxy) is 3. The number of aromatic nitrogens is 4. The zero-order valence-corrected chi connectivity index (χ0v) is 21.2. The number of amides is 2. The van der Waals surface area contributed by atoms with Crippen molar-refractivity contribution in [2.75, 3.05) is 10.6 Å².